The van der Waals surface area contributed by atoms with Gasteiger partial charge in [-0.25, -0.2) is 18.1 Å². The first kappa shape index (κ1) is 28.3. The molecule has 0 saturated carbocycles. The fourth-order valence-corrected chi connectivity index (χ4v) is 5.51. The second-order valence-electron chi connectivity index (χ2n) is 11.4. The standard InChI is InChI=1S/C29H35N7O4S/c1-18-10-11-19(13-24(18)36-17-23(32-34-36)25-16-30-26-9-7-8-12-35(25)26)28(37)31-21-14-20(29(2,3)4)15-22(27(21)40-5)33-41(6,38)39/h10-11,13-17,33H,7-9,12H2,1-6H3,(H,31,37). The molecule has 11 nitrogen and oxygen atoms in total. The summed E-state index contributed by atoms with van der Waals surface area (Å²) in [7, 11) is -2.16. The molecule has 216 valence electrons. The number of rotatable bonds is 7. The van der Waals surface area contributed by atoms with Crippen molar-refractivity contribution in [2.75, 3.05) is 23.4 Å². The number of benzene rings is 2. The van der Waals surface area contributed by atoms with Crippen LogP contribution in [0.2, 0.25) is 0 Å². The lowest BCUT2D eigenvalue weighted by Gasteiger charge is -2.24. The topological polar surface area (TPSA) is 133 Å². The normalized spacial score (nSPS) is 13.5. The summed E-state index contributed by atoms with van der Waals surface area (Å²) in [6.07, 6.45) is 7.97. The van der Waals surface area contributed by atoms with Gasteiger partial charge >= 0.3 is 0 Å². The summed E-state index contributed by atoms with van der Waals surface area (Å²) >= 11 is 0. The number of carbonyl (C=O) groups excluding carboxylic acids is 1. The average molecular weight is 578 g/mol. The monoisotopic (exact) mass is 577 g/mol. The molecule has 0 saturated heterocycles. The van der Waals surface area contributed by atoms with E-state index in [-0.39, 0.29) is 22.8 Å². The van der Waals surface area contributed by atoms with Gasteiger partial charge in [0.15, 0.2) is 5.75 Å². The Kier molecular flexibility index (Phi) is 7.37. The maximum atomic E-state index is 13.5. The molecular formula is C29H35N7O4S. The first-order valence-electron chi connectivity index (χ1n) is 13.4. The molecule has 2 aromatic carbocycles. The second kappa shape index (κ2) is 10.7. The first-order valence-corrected chi connectivity index (χ1v) is 15.3. The fraction of sp³-hybridized carbons (Fsp3) is 0.379. The van der Waals surface area contributed by atoms with E-state index in [1.165, 1.54) is 7.11 Å². The molecule has 2 aromatic heterocycles. The number of ether oxygens (including phenoxy) is 1. The molecule has 0 unspecified atom stereocenters. The van der Waals surface area contributed by atoms with E-state index in [2.05, 4.69) is 29.9 Å². The predicted molar refractivity (Wildman–Crippen MR) is 158 cm³/mol. The quantitative estimate of drug-likeness (QED) is 0.325. The Bertz CT molecular complexity index is 1730. The van der Waals surface area contributed by atoms with Gasteiger partial charge in [0.1, 0.15) is 11.5 Å². The van der Waals surface area contributed by atoms with Gasteiger partial charge in [0.05, 0.1) is 48.5 Å². The van der Waals surface area contributed by atoms with Crippen molar-refractivity contribution in [2.45, 2.75) is 58.9 Å². The number of carbonyl (C=O) groups is 1. The van der Waals surface area contributed by atoms with Crippen LogP contribution < -0.4 is 14.8 Å². The van der Waals surface area contributed by atoms with Crippen molar-refractivity contribution in [1.29, 1.82) is 0 Å². The number of hydrogen-bond donors (Lipinski definition) is 2. The van der Waals surface area contributed by atoms with E-state index in [1.54, 1.807) is 28.9 Å². The molecule has 41 heavy (non-hydrogen) atoms. The molecule has 0 fully saturated rings. The third-order valence-electron chi connectivity index (χ3n) is 7.15. The zero-order valence-electron chi connectivity index (χ0n) is 24.1. The Balaban J connectivity index is 1.47. The molecule has 1 aliphatic heterocycles. The highest BCUT2D eigenvalue weighted by atomic mass is 32.2. The highest BCUT2D eigenvalue weighted by Gasteiger charge is 2.23. The molecule has 0 spiro atoms. The molecule has 1 aliphatic rings. The van der Waals surface area contributed by atoms with Gasteiger partial charge in [-0.3, -0.25) is 9.52 Å². The largest absolute Gasteiger partial charge is 0.492 e. The van der Waals surface area contributed by atoms with E-state index in [0.29, 0.717) is 16.9 Å². The van der Waals surface area contributed by atoms with Gasteiger partial charge in [0, 0.05) is 18.5 Å². The van der Waals surface area contributed by atoms with Gasteiger partial charge in [0.2, 0.25) is 10.0 Å². The van der Waals surface area contributed by atoms with Gasteiger partial charge < -0.3 is 14.6 Å². The van der Waals surface area contributed by atoms with Crippen molar-refractivity contribution in [2.24, 2.45) is 0 Å². The third kappa shape index (κ3) is 5.97. The molecular weight excluding hydrogens is 542 g/mol. The average Bonchev–Trinajstić information content (AvgIpc) is 3.54. The lowest BCUT2D eigenvalue weighted by molar-refractivity contribution is 0.102. The smallest absolute Gasteiger partial charge is 0.255 e. The van der Waals surface area contributed by atoms with E-state index in [9.17, 15) is 13.2 Å². The van der Waals surface area contributed by atoms with Crippen LogP contribution in [0.1, 0.15) is 60.9 Å². The van der Waals surface area contributed by atoms with Crippen molar-refractivity contribution in [3.8, 4) is 22.8 Å². The Morgan fingerprint density at radius 1 is 1.10 bits per heavy atom. The van der Waals surface area contributed by atoms with Crippen LogP contribution >= 0.6 is 0 Å². The van der Waals surface area contributed by atoms with Crippen LogP contribution in [-0.4, -0.2) is 52.2 Å². The molecule has 4 aromatic rings. The minimum Gasteiger partial charge on any atom is -0.492 e. The number of aryl methyl sites for hydroxylation is 2. The van der Waals surface area contributed by atoms with Gasteiger partial charge in [0.25, 0.3) is 5.91 Å². The van der Waals surface area contributed by atoms with Crippen LogP contribution in [-0.2, 0) is 28.4 Å². The van der Waals surface area contributed by atoms with Crippen molar-refractivity contribution < 1.29 is 17.9 Å². The minimum atomic E-state index is -3.59. The maximum absolute atomic E-state index is 13.5. The summed E-state index contributed by atoms with van der Waals surface area (Å²) in [5.41, 5.74) is 4.77. The zero-order valence-corrected chi connectivity index (χ0v) is 25.0. The molecule has 5 rings (SSSR count). The summed E-state index contributed by atoms with van der Waals surface area (Å²) in [5.74, 6) is 0.900. The number of anilines is 2. The summed E-state index contributed by atoms with van der Waals surface area (Å²) < 4.78 is 36.0. The number of nitrogens with one attached hydrogen (secondary N) is 2. The van der Waals surface area contributed by atoms with Crippen LogP contribution in [0, 0.1) is 6.92 Å². The number of sulfonamides is 1. The highest BCUT2D eigenvalue weighted by Crippen LogP contribution is 2.39. The number of amides is 1. The highest BCUT2D eigenvalue weighted by molar-refractivity contribution is 7.92. The number of fused-ring (bicyclic) bond motifs is 1. The minimum absolute atomic E-state index is 0.217. The van der Waals surface area contributed by atoms with E-state index in [4.69, 9.17) is 4.74 Å². The number of methoxy groups -OCH3 is 1. The Labute approximate surface area is 240 Å². The van der Waals surface area contributed by atoms with Gasteiger partial charge in [-0.15, -0.1) is 5.10 Å². The molecule has 1 amide bonds. The maximum Gasteiger partial charge on any atom is 0.255 e. The van der Waals surface area contributed by atoms with Crippen LogP contribution in [0.4, 0.5) is 11.4 Å². The van der Waals surface area contributed by atoms with E-state index in [0.717, 1.165) is 60.4 Å². The Morgan fingerprint density at radius 2 is 1.85 bits per heavy atom. The van der Waals surface area contributed by atoms with Crippen molar-refractivity contribution in [1.82, 2.24) is 24.5 Å². The molecule has 0 atom stereocenters. The van der Waals surface area contributed by atoms with E-state index < -0.39 is 10.0 Å². The molecule has 3 heterocycles. The van der Waals surface area contributed by atoms with Crippen LogP contribution in [0.3, 0.4) is 0 Å². The zero-order chi connectivity index (χ0) is 29.5. The number of imidazole rings is 1. The van der Waals surface area contributed by atoms with Crippen LogP contribution in [0.15, 0.2) is 42.7 Å². The number of hydrogen-bond acceptors (Lipinski definition) is 7. The lowest BCUT2D eigenvalue weighted by atomic mass is 9.86. The fourth-order valence-electron chi connectivity index (χ4n) is 4.96. The Morgan fingerprint density at radius 3 is 2.56 bits per heavy atom. The first-order chi connectivity index (χ1) is 19.3. The van der Waals surface area contributed by atoms with Crippen molar-refractivity contribution in [3.05, 3.63) is 65.2 Å². The van der Waals surface area contributed by atoms with Crippen LogP contribution in [0.5, 0.6) is 5.75 Å². The molecule has 0 bridgehead atoms. The number of aromatic nitrogens is 5. The molecule has 2 N–H and O–H groups in total. The van der Waals surface area contributed by atoms with E-state index in [1.807, 2.05) is 46.2 Å². The SMILES string of the molecule is COc1c(NC(=O)c2ccc(C)c(-n3cc(-c4cnc5n4CCCC5)nn3)c2)cc(C(C)(C)C)cc1NS(C)(=O)=O. The molecule has 0 aliphatic carbocycles. The number of nitrogens with zero attached hydrogens (tertiary/aromatic N) is 5. The third-order valence-corrected chi connectivity index (χ3v) is 7.74. The van der Waals surface area contributed by atoms with E-state index >= 15 is 0 Å². The second-order valence-corrected chi connectivity index (χ2v) is 13.1. The predicted octanol–water partition coefficient (Wildman–Crippen LogP) is 4.71. The Hall–Kier alpha value is -4.19. The van der Waals surface area contributed by atoms with Gasteiger partial charge in [-0.1, -0.05) is 32.1 Å². The summed E-state index contributed by atoms with van der Waals surface area (Å²) in [6.45, 7) is 8.86. The summed E-state index contributed by atoms with van der Waals surface area (Å²) in [4.78, 5) is 18.1. The van der Waals surface area contributed by atoms with Crippen LogP contribution in [0.25, 0.3) is 17.1 Å². The lowest BCUT2D eigenvalue weighted by Crippen LogP contribution is -2.18. The molecule has 0 radical (unpaired) electrons. The van der Waals surface area contributed by atoms with Gasteiger partial charge in [-0.2, -0.15) is 0 Å². The molecule has 12 heteroatoms. The van der Waals surface area contributed by atoms with Crippen molar-refractivity contribution >= 4 is 27.3 Å². The van der Waals surface area contributed by atoms with Crippen molar-refractivity contribution in [3.63, 3.8) is 0 Å². The summed E-state index contributed by atoms with van der Waals surface area (Å²) in [5, 5.41) is 11.7. The summed E-state index contributed by atoms with van der Waals surface area (Å²) in [6, 6.07) is 8.86. The van der Waals surface area contributed by atoms with Gasteiger partial charge in [-0.05, 0) is 60.6 Å².